The monoisotopic (exact) mass is 274 g/mol. The molecule has 0 aromatic carbocycles. The highest BCUT2D eigenvalue weighted by molar-refractivity contribution is 7.09. The molecule has 1 rings (SSSR count). The van der Waals surface area contributed by atoms with Gasteiger partial charge >= 0.3 is 0 Å². The van der Waals surface area contributed by atoms with Crippen LogP contribution in [0.5, 0.6) is 0 Å². The molecule has 0 aliphatic rings. The molecule has 1 heterocycles. The molecule has 1 unspecified atom stereocenters. The number of hydrogen-bond acceptors (Lipinski definition) is 3. The maximum absolute atomic E-state index is 5.71. The molecule has 17 heavy (non-hydrogen) atoms. The molecule has 0 aliphatic carbocycles. The lowest BCUT2D eigenvalue weighted by molar-refractivity contribution is 0.500. The van der Waals surface area contributed by atoms with Crippen molar-refractivity contribution in [1.82, 2.24) is 10.3 Å². The third kappa shape index (κ3) is 5.36. The summed E-state index contributed by atoms with van der Waals surface area (Å²) in [6, 6.07) is 0. The van der Waals surface area contributed by atoms with Crippen LogP contribution in [-0.4, -0.2) is 17.4 Å². The van der Waals surface area contributed by atoms with E-state index in [0.717, 1.165) is 25.4 Å². The van der Waals surface area contributed by atoms with Gasteiger partial charge < -0.3 is 5.32 Å². The quantitative estimate of drug-likeness (QED) is 0.799. The van der Waals surface area contributed by atoms with Crippen molar-refractivity contribution in [2.24, 2.45) is 5.92 Å². The van der Waals surface area contributed by atoms with E-state index >= 15 is 0 Å². The van der Waals surface area contributed by atoms with Gasteiger partial charge in [0.25, 0.3) is 0 Å². The second kappa shape index (κ2) is 6.72. The second-order valence-corrected chi connectivity index (χ2v) is 6.91. The Morgan fingerprint density at radius 3 is 2.71 bits per heavy atom. The fourth-order valence-electron chi connectivity index (χ4n) is 1.45. The average molecular weight is 275 g/mol. The third-order valence-corrected chi connectivity index (χ3v) is 3.76. The Balaban J connectivity index is 2.35. The number of halogens is 1. The highest BCUT2D eigenvalue weighted by Crippen LogP contribution is 2.23. The van der Waals surface area contributed by atoms with Crippen LogP contribution in [0.25, 0.3) is 0 Å². The molecular formula is C13H23ClN2S. The fourth-order valence-corrected chi connectivity index (χ4v) is 2.81. The zero-order valence-corrected chi connectivity index (χ0v) is 12.8. The van der Waals surface area contributed by atoms with Crippen molar-refractivity contribution in [2.45, 2.75) is 46.1 Å². The van der Waals surface area contributed by atoms with Crippen LogP contribution in [0.1, 0.15) is 44.8 Å². The van der Waals surface area contributed by atoms with Gasteiger partial charge in [-0.3, -0.25) is 0 Å². The minimum absolute atomic E-state index is 0.153. The zero-order chi connectivity index (χ0) is 12.9. The Labute approximate surface area is 114 Å². The van der Waals surface area contributed by atoms with E-state index in [1.165, 1.54) is 10.7 Å². The van der Waals surface area contributed by atoms with Crippen LogP contribution >= 0.6 is 22.9 Å². The van der Waals surface area contributed by atoms with E-state index in [4.69, 9.17) is 11.6 Å². The van der Waals surface area contributed by atoms with Gasteiger partial charge in [-0.25, -0.2) is 4.98 Å². The molecule has 0 aliphatic heterocycles. The molecule has 0 saturated carbocycles. The average Bonchev–Trinajstić information content (AvgIpc) is 2.66. The summed E-state index contributed by atoms with van der Waals surface area (Å²) in [6.07, 6.45) is 1.07. The SMILES string of the molecule is CC(CCCl)CNCc1nc(C(C)(C)C)cs1. The molecule has 98 valence electrons. The smallest absolute Gasteiger partial charge is 0.107 e. The van der Waals surface area contributed by atoms with Crippen LogP contribution in [0, 0.1) is 5.92 Å². The molecule has 0 bridgehead atoms. The highest BCUT2D eigenvalue weighted by Gasteiger charge is 2.17. The first-order valence-corrected chi connectivity index (χ1v) is 7.56. The number of nitrogens with one attached hydrogen (secondary N) is 1. The van der Waals surface area contributed by atoms with E-state index in [9.17, 15) is 0 Å². The first-order chi connectivity index (χ1) is 7.93. The Kier molecular flexibility index (Phi) is 5.90. The van der Waals surface area contributed by atoms with Crippen LogP contribution in [0.15, 0.2) is 5.38 Å². The second-order valence-electron chi connectivity index (χ2n) is 5.59. The lowest BCUT2D eigenvalue weighted by Crippen LogP contribution is -2.21. The predicted octanol–water partition coefficient (Wildman–Crippen LogP) is 3.80. The Morgan fingerprint density at radius 1 is 1.47 bits per heavy atom. The molecular weight excluding hydrogens is 252 g/mol. The van der Waals surface area contributed by atoms with Gasteiger partial charge in [0.2, 0.25) is 0 Å². The van der Waals surface area contributed by atoms with Gasteiger partial charge in [0.1, 0.15) is 5.01 Å². The number of nitrogens with zero attached hydrogens (tertiary/aromatic N) is 1. The molecule has 1 aromatic heterocycles. The molecule has 0 saturated heterocycles. The van der Waals surface area contributed by atoms with E-state index < -0.39 is 0 Å². The molecule has 1 aromatic rings. The van der Waals surface area contributed by atoms with Crippen LogP contribution < -0.4 is 5.32 Å². The van der Waals surface area contributed by atoms with E-state index in [-0.39, 0.29) is 5.41 Å². The summed E-state index contributed by atoms with van der Waals surface area (Å²) in [5, 5.41) is 6.78. The van der Waals surface area contributed by atoms with Gasteiger partial charge in [0.15, 0.2) is 0 Å². The number of aromatic nitrogens is 1. The van der Waals surface area contributed by atoms with Crippen LogP contribution in [0.2, 0.25) is 0 Å². The summed E-state index contributed by atoms with van der Waals surface area (Å²) in [4.78, 5) is 4.65. The van der Waals surface area contributed by atoms with Crippen LogP contribution in [-0.2, 0) is 12.0 Å². The molecule has 1 N–H and O–H groups in total. The molecule has 0 radical (unpaired) electrons. The maximum atomic E-state index is 5.71. The molecule has 1 atom stereocenters. The van der Waals surface area contributed by atoms with Gasteiger partial charge in [0.05, 0.1) is 5.69 Å². The summed E-state index contributed by atoms with van der Waals surface area (Å²) in [5.41, 5.74) is 1.34. The first kappa shape index (κ1) is 14.9. The number of hydrogen-bond donors (Lipinski definition) is 1. The van der Waals surface area contributed by atoms with Crippen LogP contribution in [0.4, 0.5) is 0 Å². The summed E-state index contributed by atoms with van der Waals surface area (Å²) in [7, 11) is 0. The largest absolute Gasteiger partial charge is 0.310 e. The van der Waals surface area contributed by atoms with Crippen LogP contribution in [0.3, 0.4) is 0 Å². The zero-order valence-electron chi connectivity index (χ0n) is 11.2. The summed E-state index contributed by atoms with van der Waals surface area (Å²) in [5.74, 6) is 1.38. The summed E-state index contributed by atoms with van der Waals surface area (Å²) < 4.78 is 0. The van der Waals surface area contributed by atoms with Gasteiger partial charge in [-0.05, 0) is 18.9 Å². The van der Waals surface area contributed by atoms with Gasteiger partial charge in [-0.1, -0.05) is 27.7 Å². The van der Waals surface area contributed by atoms with Crippen molar-refractivity contribution in [2.75, 3.05) is 12.4 Å². The van der Waals surface area contributed by atoms with E-state index in [0.29, 0.717) is 5.92 Å². The molecule has 0 spiro atoms. The Bertz CT molecular complexity index is 330. The van der Waals surface area contributed by atoms with E-state index in [1.54, 1.807) is 11.3 Å². The third-order valence-electron chi connectivity index (χ3n) is 2.69. The van der Waals surface area contributed by atoms with E-state index in [2.05, 4.69) is 43.4 Å². The first-order valence-electron chi connectivity index (χ1n) is 6.15. The number of rotatable bonds is 6. The lowest BCUT2D eigenvalue weighted by atomic mass is 9.93. The maximum Gasteiger partial charge on any atom is 0.107 e. The lowest BCUT2D eigenvalue weighted by Gasteiger charge is -2.14. The fraction of sp³-hybridized carbons (Fsp3) is 0.769. The molecule has 4 heteroatoms. The van der Waals surface area contributed by atoms with Crippen molar-refractivity contribution >= 4 is 22.9 Å². The van der Waals surface area contributed by atoms with Crippen molar-refractivity contribution in [3.63, 3.8) is 0 Å². The van der Waals surface area contributed by atoms with Crippen molar-refractivity contribution in [1.29, 1.82) is 0 Å². The Morgan fingerprint density at radius 2 is 2.18 bits per heavy atom. The van der Waals surface area contributed by atoms with E-state index in [1.807, 2.05) is 0 Å². The van der Waals surface area contributed by atoms with Crippen molar-refractivity contribution < 1.29 is 0 Å². The number of alkyl halides is 1. The van der Waals surface area contributed by atoms with Crippen molar-refractivity contribution in [3.05, 3.63) is 16.1 Å². The highest BCUT2D eigenvalue weighted by atomic mass is 35.5. The van der Waals surface area contributed by atoms with Gasteiger partial charge in [0, 0.05) is 23.2 Å². The summed E-state index contributed by atoms with van der Waals surface area (Å²) >= 11 is 7.45. The molecule has 0 amide bonds. The topological polar surface area (TPSA) is 24.9 Å². The van der Waals surface area contributed by atoms with Gasteiger partial charge in [-0.2, -0.15) is 0 Å². The number of thiazole rings is 1. The minimum atomic E-state index is 0.153. The minimum Gasteiger partial charge on any atom is -0.310 e. The summed E-state index contributed by atoms with van der Waals surface area (Å²) in [6.45, 7) is 10.7. The standard InChI is InChI=1S/C13H23ClN2S/c1-10(5-6-14)7-15-8-12-16-11(9-17-12)13(2,3)4/h9-10,15H,5-8H2,1-4H3. The van der Waals surface area contributed by atoms with Gasteiger partial charge in [-0.15, -0.1) is 22.9 Å². The Hall–Kier alpha value is -0.120. The predicted molar refractivity (Wildman–Crippen MR) is 77.0 cm³/mol. The van der Waals surface area contributed by atoms with Crippen molar-refractivity contribution in [3.8, 4) is 0 Å². The normalized spacial score (nSPS) is 13.9. The molecule has 0 fully saturated rings. The molecule has 2 nitrogen and oxygen atoms in total.